The second-order valence-corrected chi connectivity index (χ2v) is 6.04. The Bertz CT molecular complexity index is 667. The molecule has 3 rings (SSSR count). The molecule has 1 fully saturated rings. The summed E-state index contributed by atoms with van der Waals surface area (Å²) < 4.78 is 6.77. The minimum atomic E-state index is -0.0766. The molecule has 0 spiro atoms. The fourth-order valence-electron chi connectivity index (χ4n) is 2.80. The molecule has 3 heterocycles. The van der Waals surface area contributed by atoms with Gasteiger partial charge in [-0.3, -0.25) is 14.6 Å². The van der Waals surface area contributed by atoms with E-state index in [9.17, 15) is 4.79 Å². The molecular weight excluding hydrogens is 320 g/mol. The molecule has 0 atom stereocenters. The Morgan fingerprint density at radius 3 is 2.84 bits per heavy atom. The molecule has 8 nitrogen and oxygen atoms in total. The first-order valence-corrected chi connectivity index (χ1v) is 8.43. The lowest BCUT2D eigenvalue weighted by atomic mass is 10.2. The maximum absolute atomic E-state index is 12.4. The molecule has 0 radical (unpaired) electrons. The molecular formula is C17H24N6O2. The molecule has 134 valence electrons. The van der Waals surface area contributed by atoms with E-state index in [2.05, 4.69) is 26.4 Å². The predicted octanol–water partition coefficient (Wildman–Crippen LogP) is 1.27. The minimum absolute atomic E-state index is 0.0766. The summed E-state index contributed by atoms with van der Waals surface area (Å²) in [6, 6.07) is 3.95. The van der Waals surface area contributed by atoms with Crippen LogP contribution in [0.4, 0.5) is 10.5 Å². The van der Waals surface area contributed by atoms with Gasteiger partial charge in [-0.2, -0.15) is 5.10 Å². The van der Waals surface area contributed by atoms with Gasteiger partial charge in [0.1, 0.15) is 0 Å². The molecule has 2 aromatic rings. The van der Waals surface area contributed by atoms with Crippen molar-refractivity contribution in [3.8, 4) is 0 Å². The highest BCUT2D eigenvalue weighted by Gasteiger charge is 2.21. The SMILES string of the molecule is COCCn1cc(NC(=O)N2CCN(Cc3cccnc3)CC2)cn1. The Balaban J connectivity index is 1.44. The Labute approximate surface area is 147 Å². The summed E-state index contributed by atoms with van der Waals surface area (Å²) in [4.78, 5) is 20.7. The third-order valence-electron chi connectivity index (χ3n) is 4.20. The van der Waals surface area contributed by atoms with Gasteiger partial charge >= 0.3 is 6.03 Å². The number of hydrogen-bond acceptors (Lipinski definition) is 5. The summed E-state index contributed by atoms with van der Waals surface area (Å²) in [6.45, 7) is 5.27. The van der Waals surface area contributed by atoms with Gasteiger partial charge in [0, 0.05) is 58.4 Å². The summed E-state index contributed by atoms with van der Waals surface area (Å²) in [5, 5.41) is 7.11. The number of anilines is 1. The summed E-state index contributed by atoms with van der Waals surface area (Å²) in [7, 11) is 1.65. The van der Waals surface area contributed by atoms with E-state index >= 15 is 0 Å². The smallest absolute Gasteiger partial charge is 0.322 e. The standard InChI is InChI=1S/C17H24N6O2/c1-25-10-9-23-14-16(12-19-23)20-17(24)22-7-5-21(6-8-22)13-15-3-2-4-18-11-15/h2-4,11-12,14H,5-10,13H2,1H3,(H,20,24). The van der Waals surface area contributed by atoms with Crippen molar-refractivity contribution >= 4 is 11.7 Å². The zero-order valence-corrected chi connectivity index (χ0v) is 14.5. The zero-order valence-electron chi connectivity index (χ0n) is 14.5. The molecule has 0 saturated carbocycles. The van der Waals surface area contributed by atoms with Gasteiger partial charge in [-0.05, 0) is 11.6 Å². The molecule has 0 aliphatic carbocycles. The number of nitrogens with zero attached hydrogens (tertiary/aromatic N) is 5. The predicted molar refractivity (Wildman–Crippen MR) is 94.2 cm³/mol. The van der Waals surface area contributed by atoms with E-state index in [1.807, 2.05) is 23.4 Å². The first kappa shape index (κ1) is 17.4. The van der Waals surface area contributed by atoms with Crippen LogP contribution in [0.5, 0.6) is 0 Å². The Kier molecular flexibility index (Phi) is 5.97. The quantitative estimate of drug-likeness (QED) is 0.854. The van der Waals surface area contributed by atoms with Crippen molar-refractivity contribution in [3.63, 3.8) is 0 Å². The van der Waals surface area contributed by atoms with Crippen LogP contribution in [-0.2, 0) is 17.8 Å². The van der Waals surface area contributed by atoms with Crippen molar-refractivity contribution in [3.05, 3.63) is 42.5 Å². The van der Waals surface area contributed by atoms with Gasteiger partial charge in [-0.1, -0.05) is 6.07 Å². The number of nitrogens with one attached hydrogen (secondary N) is 1. The Morgan fingerprint density at radius 1 is 1.28 bits per heavy atom. The summed E-state index contributed by atoms with van der Waals surface area (Å²) >= 11 is 0. The molecule has 25 heavy (non-hydrogen) atoms. The molecule has 0 bridgehead atoms. The lowest BCUT2D eigenvalue weighted by molar-refractivity contribution is 0.143. The number of pyridine rings is 1. The number of ether oxygens (including phenoxy) is 1. The summed E-state index contributed by atoms with van der Waals surface area (Å²) in [5.74, 6) is 0. The van der Waals surface area contributed by atoms with Gasteiger partial charge in [0.2, 0.25) is 0 Å². The highest BCUT2D eigenvalue weighted by atomic mass is 16.5. The van der Waals surface area contributed by atoms with Crippen LogP contribution in [0.3, 0.4) is 0 Å². The number of rotatable bonds is 6. The van der Waals surface area contributed by atoms with Crippen LogP contribution in [0.25, 0.3) is 0 Å². The second kappa shape index (κ2) is 8.59. The number of aromatic nitrogens is 3. The third kappa shape index (κ3) is 5.01. The van der Waals surface area contributed by atoms with E-state index < -0.39 is 0 Å². The molecule has 0 aromatic carbocycles. The van der Waals surface area contributed by atoms with Crippen LogP contribution >= 0.6 is 0 Å². The maximum Gasteiger partial charge on any atom is 0.322 e. The number of piperazine rings is 1. The summed E-state index contributed by atoms with van der Waals surface area (Å²) in [5.41, 5.74) is 1.91. The Morgan fingerprint density at radius 2 is 2.12 bits per heavy atom. The van der Waals surface area contributed by atoms with Crippen molar-refractivity contribution in [2.75, 3.05) is 45.2 Å². The van der Waals surface area contributed by atoms with E-state index in [0.717, 1.165) is 19.6 Å². The van der Waals surface area contributed by atoms with Crippen LogP contribution in [0, 0.1) is 0 Å². The van der Waals surface area contributed by atoms with Gasteiger partial charge < -0.3 is 15.0 Å². The van der Waals surface area contributed by atoms with E-state index in [4.69, 9.17) is 4.74 Å². The van der Waals surface area contributed by atoms with Crippen LogP contribution in [-0.4, -0.2) is 70.5 Å². The van der Waals surface area contributed by atoms with Crippen molar-refractivity contribution in [2.45, 2.75) is 13.1 Å². The third-order valence-corrected chi connectivity index (χ3v) is 4.20. The van der Waals surface area contributed by atoms with Crippen molar-refractivity contribution in [1.29, 1.82) is 0 Å². The monoisotopic (exact) mass is 344 g/mol. The van der Waals surface area contributed by atoms with Gasteiger partial charge in [-0.25, -0.2) is 4.79 Å². The van der Waals surface area contributed by atoms with E-state index in [-0.39, 0.29) is 6.03 Å². The highest BCUT2D eigenvalue weighted by Crippen LogP contribution is 2.10. The van der Waals surface area contributed by atoms with Crippen molar-refractivity contribution in [2.24, 2.45) is 0 Å². The van der Waals surface area contributed by atoms with Crippen LogP contribution in [0.1, 0.15) is 5.56 Å². The van der Waals surface area contributed by atoms with E-state index in [1.165, 1.54) is 5.56 Å². The number of amides is 2. The largest absolute Gasteiger partial charge is 0.383 e. The molecule has 8 heteroatoms. The molecule has 1 aliphatic rings. The molecule has 2 amide bonds. The fraction of sp³-hybridized carbons (Fsp3) is 0.471. The first-order chi connectivity index (χ1) is 12.2. The topological polar surface area (TPSA) is 75.5 Å². The molecule has 1 N–H and O–H groups in total. The number of carbonyl (C=O) groups excluding carboxylic acids is 1. The van der Waals surface area contributed by atoms with Crippen LogP contribution < -0.4 is 5.32 Å². The average molecular weight is 344 g/mol. The van der Waals surface area contributed by atoms with Crippen molar-refractivity contribution in [1.82, 2.24) is 24.6 Å². The van der Waals surface area contributed by atoms with Gasteiger partial charge in [-0.15, -0.1) is 0 Å². The van der Waals surface area contributed by atoms with Crippen LogP contribution in [0.15, 0.2) is 36.9 Å². The lowest BCUT2D eigenvalue weighted by Crippen LogP contribution is -2.49. The molecule has 1 saturated heterocycles. The normalized spacial score (nSPS) is 15.3. The molecule has 1 aliphatic heterocycles. The fourth-order valence-corrected chi connectivity index (χ4v) is 2.80. The molecule has 2 aromatic heterocycles. The summed E-state index contributed by atoms with van der Waals surface area (Å²) in [6.07, 6.45) is 7.14. The molecule has 0 unspecified atom stereocenters. The number of hydrogen-bond donors (Lipinski definition) is 1. The number of methoxy groups -OCH3 is 1. The van der Waals surface area contributed by atoms with Crippen molar-refractivity contribution < 1.29 is 9.53 Å². The lowest BCUT2D eigenvalue weighted by Gasteiger charge is -2.34. The number of carbonyl (C=O) groups is 1. The van der Waals surface area contributed by atoms with Gasteiger partial charge in [0.25, 0.3) is 0 Å². The second-order valence-electron chi connectivity index (χ2n) is 6.04. The van der Waals surface area contributed by atoms with E-state index in [1.54, 1.807) is 24.2 Å². The average Bonchev–Trinajstić information content (AvgIpc) is 3.08. The first-order valence-electron chi connectivity index (χ1n) is 8.43. The Hall–Kier alpha value is -2.45. The minimum Gasteiger partial charge on any atom is -0.383 e. The maximum atomic E-state index is 12.4. The van der Waals surface area contributed by atoms with Gasteiger partial charge in [0.15, 0.2) is 0 Å². The number of urea groups is 1. The van der Waals surface area contributed by atoms with Gasteiger partial charge in [0.05, 0.1) is 25.0 Å². The zero-order chi connectivity index (χ0) is 17.5. The van der Waals surface area contributed by atoms with Crippen LogP contribution in [0.2, 0.25) is 0 Å². The highest BCUT2D eigenvalue weighted by molar-refractivity contribution is 5.89. The van der Waals surface area contributed by atoms with E-state index in [0.29, 0.717) is 31.9 Å².